The zero-order chi connectivity index (χ0) is 21.1. The Bertz CT molecular complexity index is 898. The zero-order valence-corrected chi connectivity index (χ0v) is 18.2. The van der Waals surface area contributed by atoms with Crippen molar-refractivity contribution in [2.75, 3.05) is 6.54 Å². The van der Waals surface area contributed by atoms with Crippen LogP contribution in [0.1, 0.15) is 69.3 Å². The number of amides is 2. The maximum atomic E-state index is 13.6. The van der Waals surface area contributed by atoms with Gasteiger partial charge in [0.15, 0.2) is 0 Å². The van der Waals surface area contributed by atoms with Gasteiger partial charge in [-0.25, -0.2) is 0 Å². The molecule has 0 unspecified atom stereocenters. The fourth-order valence-electron chi connectivity index (χ4n) is 4.89. The molecule has 1 aromatic heterocycles. The Hall–Kier alpha value is -2.56. The summed E-state index contributed by atoms with van der Waals surface area (Å²) in [4.78, 5) is 28.9. The number of benzene rings is 1. The average molecular weight is 408 g/mol. The molecule has 1 atom stereocenters. The molecule has 5 nitrogen and oxygen atoms in total. The first-order valence-corrected chi connectivity index (χ1v) is 11.4. The number of hydrogen-bond acceptors (Lipinski definition) is 2. The van der Waals surface area contributed by atoms with Crippen LogP contribution in [0.2, 0.25) is 0 Å². The van der Waals surface area contributed by atoms with Crippen LogP contribution < -0.4 is 5.32 Å². The lowest BCUT2D eigenvalue weighted by Gasteiger charge is -2.45. The van der Waals surface area contributed by atoms with Gasteiger partial charge in [0.05, 0.1) is 6.54 Å². The molecule has 1 aliphatic carbocycles. The molecule has 1 fully saturated rings. The number of carbonyl (C=O) groups is 2. The van der Waals surface area contributed by atoms with Crippen LogP contribution >= 0.6 is 0 Å². The Balaban J connectivity index is 1.69. The molecule has 1 aromatic carbocycles. The van der Waals surface area contributed by atoms with Crippen molar-refractivity contribution in [3.8, 4) is 11.3 Å². The third-order valence-electron chi connectivity index (χ3n) is 6.74. The molecule has 160 valence electrons. The number of aromatic nitrogens is 1. The Morgan fingerprint density at radius 3 is 2.47 bits per heavy atom. The van der Waals surface area contributed by atoms with E-state index < -0.39 is 5.54 Å². The number of nitrogens with one attached hydrogen (secondary N) is 1. The molecular weight excluding hydrogens is 374 g/mol. The molecular formula is C25H33N3O2. The minimum absolute atomic E-state index is 0.0165. The van der Waals surface area contributed by atoms with Crippen molar-refractivity contribution < 1.29 is 9.59 Å². The highest BCUT2D eigenvalue weighted by molar-refractivity contribution is 6.00. The van der Waals surface area contributed by atoms with Crippen LogP contribution in [0.25, 0.3) is 11.3 Å². The lowest BCUT2D eigenvalue weighted by Crippen LogP contribution is -2.65. The molecule has 2 aromatic rings. The highest BCUT2D eigenvalue weighted by Crippen LogP contribution is 2.33. The summed E-state index contributed by atoms with van der Waals surface area (Å²) in [5.74, 6) is -0.0598. The smallest absolute Gasteiger partial charge is 0.271 e. The summed E-state index contributed by atoms with van der Waals surface area (Å²) in [6, 6.07) is 14.2. The summed E-state index contributed by atoms with van der Waals surface area (Å²) in [6.45, 7) is 5.14. The lowest BCUT2D eigenvalue weighted by atomic mass is 9.91. The van der Waals surface area contributed by atoms with Crippen LogP contribution in [-0.2, 0) is 11.3 Å². The predicted octanol–water partition coefficient (Wildman–Crippen LogP) is 4.62. The predicted molar refractivity (Wildman–Crippen MR) is 119 cm³/mol. The Morgan fingerprint density at radius 2 is 1.77 bits per heavy atom. The van der Waals surface area contributed by atoms with Gasteiger partial charge in [0.25, 0.3) is 5.91 Å². The summed E-state index contributed by atoms with van der Waals surface area (Å²) >= 11 is 0. The Morgan fingerprint density at radius 1 is 1.07 bits per heavy atom. The van der Waals surface area contributed by atoms with Gasteiger partial charge in [-0.3, -0.25) is 9.59 Å². The van der Waals surface area contributed by atoms with Crippen LogP contribution in [0.5, 0.6) is 0 Å². The highest BCUT2D eigenvalue weighted by Gasteiger charge is 2.47. The van der Waals surface area contributed by atoms with Gasteiger partial charge >= 0.3 is 0 Å². The van der Waals surface area contributed by atoms with Gasteiger partial charge in [-0.05, 0) is 43.9 Å². The molecule has 1 saturated carbocycles. The highest BCUT2D eigenvalue weighted by atomic mass is 16.2. The van der Waals surface area contributed by atoms with Gasteiger partial charge in [0.1, 0.15) is 11.2 Å². The minimum Gasteiger partial charge on any atom is -0.351 e. The first-order valence-electron chi connectivity index (χ1n) is 11.4. The average Bonchev–Trinajstić information content (AvgIpc) is 3.18. The van der Waals surface area contributed by atoms with Crippen molar-refractivity contribution in [3.05, 3.63) is 48.2 Å². The van der Waals surface area contributed by atoms with E-state index in [0.717, 1.165) is 36.9 Å². The molecule has 1 aliphatic heterocycles. The number of rotatable bonds is 6. The summed E-state index contributed by atoms with van der Waals surface area (Å²) in [6.07, 6.45) is 7.53. The number of fused-ring (bicyclic) bond motifs is 1. The third kappa shape index (κ3) is 3.78. The van der Waals surface area contributed by atoms with Crippen LogP contribution in [0, 0.1) is 0 Å². The fourth-order valence-corrected chi connectivity index (χ4v) is 4.89. The first kappa shape index (κ1) is 20.7. The van der Waals surface area contributed by atoms with Gasteiger partial charge in [-0.1, -0.05) is 62.9 Å². The van der Waals surface area contributed by atoms with E-state index in [9.17, 15) is 9.59 Å². The van der Waals surface area contributed by atoms with Crippen molar-refractivity contribution in [1.82, 2.24) is 14.8 Å². The van der Waals surface area contributed by atoms with E-state index in [-0.39, 0.29) is 17.9 Å². The second kappa shape index (κ2) is 8.66. The van der Waals surface area contributed by atoms with Crippen LogP contribution in [0.15, 0.2) is 42.5 Å². The zero-order valence-electron chi connectivity index (χ0n) is 18.2. The quantitative estimate of drug-likeness (QED) is 0.760. The number of carbonyl (C=O) groups excluding carboxylic acids is 2. The maximum absolute atomic E-state index is 13.6. The third-order valence-corrected chi connectivity index (χ3v) is 6.74. The van der Waals surface area contributed by atoms with Crippen molar-refractivity contribution >= 4 is 11.8 Å². The summed E-state index contributed by atoms with van der Waals surface area (Å²) in [5, 5.41) is 3.29. The van der Waals surface area contributed by atoms with Crippen LogP contribution in [0.4, 0.5) is 0 Å². The van der Waals surface area contributed by atoms with Crippen molar-refractivity contribution in [1.29, 1.82) is 0 Å². The van der Waals surface area contributed by atoms with Crippen molar-refractivity contribution in [2.24, 2.45) is 0 Å². The van der Waals surface area contributed by atoms with Crippen LogP contribution in [0.3, 0.4) is 0 Å². The molecule has 0 spiro atoms. The monoisotopic (exact) mass is 407 g/mol. The van der Waals surface area contributed by atoms with E-state index in [4.69, 9.17) is 0 Å². The van der Waals surface area contributed by atoms with Gasteiger partial charge in [0, 0.05) is 18.3 Å². The summed E-state index contributed by atoms with van der Waals surface area (Å²) in [5.41, 5.74) is 1.84. The second-order valence-electron chi connectivity index (χ2n) is 8.95. The molecule has 5 heteroatoms. The molecule has 2 amide bonds. The lowest BCUT2D eigenvalue weighted by molar-refractivity contribution is -0.133. The molecule has 4 rings (SSSR count). The van der Waals surface area contributed by atoms with Gasteiger partial charge < -0.3 is 14.8 Å². The van der Waals surface area contributed by atoms with E-state index in [1.807, 2.05) is 46.7 Å². The number of unbranched alkanes of at least 4 members (excludes halogenated alkanes) is 1. The number of nitrogens with zero attached hydrogens (tertiary/aromatic N) is 2. The molecule has 0 saturated heterocycles. The second-order valence-corrected chi connectivity index (χ2v) is 8.95. The maximum Gasteiger partial charge on any atom is 0.271 e. The van der Waals surface area contributed by atoms with E-state index in [1.165, 1.54) is 19.3 Å². The van der Waals surface area contributed by atoms with E-state index in [1.54, 1.807) is 0 Å². The molecule has 0 bridgehead atoms. The SMILES string of the molecule is CCCCN1C(=O)c2ccc(-c3ccccc3)n2C[C@]1(C)C(=O)NC1CCCCC1. The molecule has 1 N–H and O–H groups in total. The largest absolute Gasteiger partial charge is 0.351 e. The van der Waals surface area contributed by atoms with Gasteiger partial charge in [-0.2, -0.15) is 0 Å². The normalized spacial score (nSPS) is 22.1. The standard InChI is InChI=1S/C25H33N3O2/c1-3-4-17-28-23(29)22-16-15-21(19-11-7-5-8-12-19)27(22)18-25(28,2)24(30)26-20-13-9-6-10-14-20/h5,7-8,11-12,15-16,20H,3-4,6,9-10,13-14,17-18H2,1-2H3,(H,26,30)/t25-/m1/s1. The minimum atomic E-state index is -0.890. The van der Waals surface area contributed by atoms with Crippen LogP contribution in [-0.4, -0.2) is 39.4 Å². The van der Waals surface area contributed by atoms with Gasteiger partial charge in [-0.15, -0.1) is 0 Å². The van der Waals surface area contributed by atoms with E-state index in [2.05, 4.69) is 24.4 Å². The fraction of sp³-hybridized carbons (Fsp3) is 0.520. The number of hydrogen-bond donors (Lipinski definition) is 1. The summed E-state index contributed by atoms with van der Waals surface area (Å²) < 4.78 is 2.04. The Labute approximate surface area is 179 Å². The Kier molecular flexibility index (Phi) is 5.98. The molecule has 0 radical (unpaired) electrons. The van der Waals surface area contributed by atoms with Gasteiger partial charge in [0.2, 0.25) is 5.91 Å². The molecule has 2 heterocycles. The van der Waals surface area contributed by atoms with Crippen molar-refractivity contribution in [3.63, 3.8) is 0 Å². The van der Waals surface area contributed by atoms with Crippen molar-refractivity contribution in [2.45, 2.75) is 76.9 Å². The first-order chi connectivity index (χ1) is 14.5. The van der Waals surface area contributed by atoms with E-state index in [0.29, 0.717) is 18.8 Å². The molecule has 30 heavy (non-hydrogen) atoms. The van der Waals surface area contributed by atoms with E-state index >= 15 is 0 Å². The summed E-state index contributed by atoms with van der Waals surface area (Å²) in [7, 11) is 0. The molecule has 2 aliphatic rings. The topological polar surface area (TPSA) is 54.3 Å².